The van der Waals surface area contributed by atoms with Crippen molar-refractivity contribution in [3.05, 3.63) is 29.3 Å². The van der Waals surface area contributed by atoms with Crippen LogP contribution in [0.4, 0.5) is 5.69 Å². The van der Waals surface area contributed by atoms with Crippen LogP contribution in [0.3, 0.4) is 0 Å². The van der Waals surface area contributed by atoms with E-state index in [1.165, 1.54) is 16.8 Å². The van der Waals surface area contributed by atoms with Crippen LogP contribution in [0.2, 0.25) is 0 Å². The first kappa shape index (κ1) is 18.0. The largest absolute Gasteiger partial charge is 0.384 e. The lowest BCUT2D eigenvalue weighted by Crippen LogP contribution is -2.48. The third-order valence-electron chi connectivity index (χ3n) is 5.35. The van der Waals surface area contributed by atoms with Gasteiger partial charge in [-0.2, -0.15) is 4.31 Å². The van der Waals surface area contributed by atoms with Gasteiger partial charge in [-0.3, -0.25) is 4.90 Å². The summed E-state index contributed by atoms with van der Waals surface area (Å²) in [5.41, 5.74) is 4.08. The number of para-hydroxylation sites is 1. The second-order valence-corrected chi connectivity index (χ2v) is 8.98. The molecule has 7 heteroatoms. The molecule has 3 heterocycles. The molecule has 2 fully saturated rings. The van der Waals surface area contributed by atoms with Crippen molar-refractivity contribution in [3.8, 4) is 0 Å². The van der Waals surface area contributed by atoms with Crippen LogP contribution in [0.15, 0.2) is 18.2 Å². The van der Waals surface area contributed by atoms with E-state index in [0.717, 1.165) is 51.9 Å². The molecule has 0 radical (unpaired) electrons. The van der Waals surface area contributed by atoms with E-state index in [-0.39, 0.29) is 18.4 Å². The first-order chi connectivity index (χ1) is 11.1. The Hall–Kier alpha value is -0.820. The molecule has 0 saturated carbocycles. The molecule has 0 bridgehead atoms. The zero-order valence-electron chi connectivity index (χ0n) is 13.9. The van der Waals surface area contributed by atoms with E-state index in [9.17, 15) is 8.42 Å². The van der Waals surface area contributed by atoms with Crippen molar-refractivity contribution >= 4 is 28.1 Å². The van der Waals surface area contributed by atoms with Crippen molar-refractivity contribution in [1.82, 2.24) is 9.21 Å². The first-order valence-electron chi connectivity index (χ1n) is 8.70. The van der Waals surface area contributed by atoms with Gasteiger partial charge in [0.05, 0.1) is 5.75 Å². The summed E-state index contributed by atoms with van der Waals surface area (Å²) >= 11 is 0. The standard InChI is InChI=1S/C17H25N3O2S.ClH/c21-23(22)11-3-10-20(23)16-6-2-9-19(13-16)12-15-5-1-4-14-7-8-18-17(14)15;/h1,4-5,16,18H,2-3,6-13H2;1H. The quantitative estimate of drug-likeness (QED) is 0.883. The van der Waals surface area contributed by atoms with Crippen LogP contribution < -0.4 is 5.32 Å². The minimum atomic E-state index is -3.00. The monoisotopic (exact) mass is 371 g/mol. The summed E-state index contributed by atoms with van der Waals surface area (Å²) in [4.78, 5) is 2.43. The smallest absolute Gasteiger partial charge is 0.214 e. The van der Waals surface area contributed by atoms with Crippen molar-refractivity contribution in [1.29, 1.82) is 0 Å². The van der Waals surface area contributed by atoms with Gasteiger partial charge in [0.1, 0.15) is 0 Å². The van der Waals surface area contributed by atoms with Crippen LogP contribution in [0.25, 0.3) is 0 Å². The SMILES string of the molecule is Cl.O=S1(=O)CCCN1C1CCCN(Cc2cccc3c2NCC3)C1. The van der Waals surface area contributed by atoms with Crippen LogP contribution in [0.5, 0.6) is 0 Å². The number of halogens is 1. The van der Waals surface area contributed by atoms with Gasteiger partial charge in [-0.25, -0.2) is 8.42 Å². The highest BCUT2D eigenvalue weighted by atomic mass is 35.5. The Morgan fingerprint density at radius 2 is 2.08 bits per heavy atom. The molecule has 1 N–H and O–H groups in total. The van der Waals surface area contributed by atoms with Crippen LogP contribution >= 0.6 is 12.4 Å². The number of sulfonamides is 1. The number of anilines is 1. The van der Waals surface area contributed by atoms with Gasteiger partial charge in [-0.05, 0) is 43.4 Å². The highest BCUT2D eigenvalue weighted by Crippen LogP contribution is 2.29. The van der Waals surface area contributed by atoms with Crippen molar-refractivity contribution < 1.29 is 8.42 Å². The van der Waals surface area contributed by atoms with Gasteiger partial charge in [-0.1, -0.05) is 18.2 Å². The summed E-state index contributed by atoms with van der Waals surface area (Å²) in [6.45, 7) is 4.58. The van der Waals surface area contributed by atoms with E-state index < -0.39 is 10.0 Å². The first-order valence-corrected chi connectivity index (χ1v) is 10.3. The van der Waals surface area contributed by atoms with Crippen LogP contribution in [0.1, 0.15) is 30.4 Å². The molecule has 3 aliphatic heterocycles. The number of hydrogen-bond donors (Lipinski definition) is 1. The number of nitrogens with zero attached hydrogens (tertiary/aromatic N) is 2. The molecule has 0 aromatic heterocycles. The van der Waals surface area contributed by atoms with Gasteiger partial charge >= 0.3 is 0 Å². The van der Waals surface area contributed by atoms with Crippen LogP contribution in [-0.4, -0.2) is 55.6 Å². The van der Waals surface area contributed by atoms with Gasteiger partial charge in [-0.15, -0.1) is 12.4 Å². The Labute approximate surface area is 150 Å². The predicted molar refractivity (Wildman–Crippen MR) is 99.3 cm³/mol. The maximum absolute atomic E-state index is 12.2. The van der Waals surface area contributed by atoms with E-state index in [2.05, 4.69) is 28.4 Å². The molecule has 134 valence electrons. The average molecular weight is 372 g/mol. The van der Waals surface area contributed by atoms with Crippen molar-refractivity contribution in [2.24, 2.45) is 0 Å². The Morgan fingerprint density at radius 3 is 2.88 bits per heavy atom. The maximum Gasteiger partial charge on any atom is 0.214 e. The zero-order valence-corrected chi connectivity index (χ0v) is 15.5. The average Bonchev–Trinajstić information content (AvgIpc) is 3.14. The van der Waals surface area contributed by atoms with Gasteiger partial charge in [0, 0.05) is 37.9 Å². The molecule has 0 spiro atoms. The van der Waals surface area contributed by atoms with Gasteiger partial charge in [0.15, 0.2) is 0 Å². The summed E-state index contributed by atoms with van der Waals surface area (Å²) in [7, 11) is -3.00. The molecular formula is C17H26ClN3O2S. The topological polar surface area (TPSA) is 52.7 Å². The molecule has 2 saturated heterocycles. The molecule has 0 amide bonds. The van der Waals surface area contributed by atoms with E-state index in [1.54, 1.807) is 4.31 Å². The normalized spacial score (nSPS) is 26.6. The fourth-order valence-corrected chi connectivity index (χ4v) is 6.02. The number of benzene rings is 1. The summed E-state index contributed by atoms with van der Waals surface area (Å²) in [6, 6.07) is 6.72. The highest BCUT2D eigenvalue weighted by Gasteiger charge is 2.36. The summed E-state index contributed by atoms with van der Waals surface area (Å²) in [5.74, 6) is 0.333. The molecule has 1 atom stereocenters. The fourth-order valence-electron chi connectivity index (χ4n) is 4.26. The van der Waals surface area contributed by atoms with E-state index in [4.69, 9.17) is 0 Å². The molecule has 24 heavy (non-hydrogen) atoms. The van der Waals surface area contributed by atoms with Crippen molar-refractivity contribution in [3.63, 3.8) is 0 Å². The van der Waals surface area contributed by atoms with Crippen molar-refractivity contribution in [2.45, 2.75) is 38.3 Å². The molecule has 1 aromatic carbocycles. The molecule has 3 aliphatic rings. The van der Waals surface area contributed by atoms with E-state index in [0.29, 0.717) is 12.3 Å². The summed E-state index contributed by atoms with van der Waals surface area (Å²) < 4.78 is 26.1. The number of rotatable bonds is 3. The minimum absolute atomic E-state index is 0. The number of fused-ring (bicyclic) bond motifs is 1. The highest BCUT2D eigenvalue weighted by molar-refractivity contribution is 7.89. The third kappa shape index (κ3) is 3.43. The number of nitrogens with one attached hydrogen (secondary N) is 1. The third-order valence-corrected chi connectivity index (χ3v) is 7.35. The Bertz CT molecular complexity index is 695. The number of likely N-dealkylation sites (tertiary alicyclic amines) is 1. The lowest BCUT2D eigenvalue weighted by Gasteiger charge is -2.37. The van der Waals surface area contributed by atoms with Gasteiger partial charge < -0.3 is 5.32 Å². The summed E-state index contributed by atoms with van der Waals surface area (Å²) in [5, 5.41) is 3.50. The second-order valence-electron chi connectivity index (χ2n) is 6.94. The maximum atomic E-state index is 12.2. The van der Waals surface area contributed by atoms with E-state index in [1.807, 2.05) is 0 Å². The molecule has 5 nitrogen and oxygen atoms in total. The minimum Gasteiger partial charge on any atom is -0.384 e. The fraction of sp³-hybridized carbons (Fsp3) is 0.647. The molecule has 1 unspecified atom stereocenters. The van der Waals surface area contributed by atoms with Gasteiger partial charge in [0.2, 0.25) is 10.0 Å². The molecule has 4 rings (SSSR count). The summed E-state index contributed by atoms with van der Waals surface area (Å²) in [6.07, 6.45) is 3.98. The molecular weight excluding hydrogens is 346 g/mol. The molecule has 1 aromatic rings. The van der Waals surface area contributed by atoms with Crippen LogP contribution in [0, 0.1) is 0 Å². The Morgan fingerprint density at radius 1 is 1.21 bits per heavy atom. The van der Waals surface area contributed by atoms with Gasteiger partial charge in [0.25, 0.3) is 0 Å². The number of piperidine rings is 1. The lowest BCUT2D eigenvalue weighted by molar-refractivity contribution is 0.146. The van der Waals surface area contributed by atoms with Crippen LogP contribution in [-0.2, 0) is 23.0 Å². The van der Waals surface area contributed by atoms with E-state index >= 15 is 0 Å². The predicted octanol–water partition coefficient (Wildman–Crippen LogP) is 2.08. The zero-order chi connectivity index (χ0) is 15.9. The second kappa shape index (κ2) is 7.20. The molecule has 0 aliphatic carbocycles. The van der Waals surface area contributed by atoms with Crippen molar-refractivity contribution in [2.75, 3.05) is 37.2 Å². The lowest BCUT2D eigenvalue weighted by atomic mass is 10.0. The Balaban J connectivity index is 0.00000169. The Kier molecular flexibility index (Phi) is 5.39. The number of hydrogen-bond acceptors (Lipinski definition) is 4.